The number of amidine groups is 1. The van der Waals surface area contributed by atoms with Gasteiger partial charge in [-0.3, -0.25) is 4.99 Å². The second-order valence-electron chi connectivity index (χ2n) is 3.23. The minimum absolute atomic E-state index is 0.319. The summed E-state index contributed by atoms with van der Waals surface area (Å²) in [5.41, 5.74) is 7.33. The highest BCUT2D eigenvalue weighted by molar-refractivity contribution is 5.95. The lowest BCUT2D eigenvalue weighted by atomic mass is 10.2. The van der Waals surface area contributed by atoms with Gasteiger partial charge in [0, 0.05) is 24.8 Å². The van der Waals surface area contributed by atoms with Crippen molar-refractivity contribution in [2.75, 3.05) is 7.05 Å². The predicted octanol–water partition coefficient (Wildman–Crippen LogP) is 2.72. The van der Waals surface area contributed by atoms with E-state index in [-0.39, 0.29) is 0 Å². The Morgan fingerprint density at radius 3 is 2.32 bits per heavy atom. The first-order valence-electron chi connectivity index (χ1n) is 6.53. The summed E-state index contributed by atoms with van der Waals surface area (Å²) in [7, 11) is 1.60. The van der Waals surface area contributed by atoms with Crippen molar-refractivity contribution in [3.8, 4) is 0 Å². The standard InChI is InChI=1S/C10H11N5.2C2H6/c1-6-3-7-5-14-10(8(11)12-2)15-9(7)13-4-6;2*1-2/h3-5H,1-2H3,(H2,11,12);2*1-2H3. The Hall–Kier alpha value is -2.04. The van der Waals surface area contributed by atoms with Crippen LogP contribution >= 0.6 is 0 Å². The van der Waals surface area contributed by atoms with Crippen molar-refractivity contribution in [3.05, 3.63) is 29.8 Å². The van der Waals surface area contributed by atoms with Gasteiger partial charge in [-0.2, -0.15) is 0 Å². The van der Waals surface area contributed by atoms with Crippen LogP contribution in [0.2, 0.25) is 0 Å². The van der Waals surface area contributed by atoms with Crippen LogP contribution in [0.5, 0.6) is 0 Å². The molecule has 2 N–H and O–H groups in total. The van der Waals surface area contributed by atoms with Crippen molar-refractivity contribution in [2.24, 2.45) is 10.7 Å². The van der Waals surface area contributed by atoms with E-state index in [1.165, 1.54) is 0 Å². The number of hydrogen-bond donors (Lipinski definition) is 1. The van der Waals surface area contributed by atoms with E-state index >= 15 is 0 Å². The molecule has 0 amide bonds. The van der Waals surface area contributed by atoms with Crippen LogP contribution in [-0.2, 0) is 0 Å². The van der Waals surface area contributed by atoms with Crippen molar-refractivity contribution in [2.45, 2.75) is 34.6 Å². The molecule has 5 nitrogen and oxygen atoms in total. The molecule has 2 rings (SSSR count). The Labute approximate surface area is 115 Å². The summed E-state index contributed by atoms with van der Waals surface area (Å²) in [6.07, 6.45) is 3.47. The molecule has 5 heteroatoms. The van der Waals surface area contributed by atoms with Gasteiger partial charge in [0.05, 0.1) is 0 Å². The summed E-state index contributed by atoms with van der Waals surface area (Å²) < 4.78 is 0. The Morgan fingerprint density at radius 2 is 1.74 bits per heavy atom. The van der Waals surface area contributed by atoms with E-state index in [1.54, 1.807) is 19.4 Å². The number of aryl methyl sites for hydroxylation is 1. The largest absolute Gasteiger partial charge is 0.381 e. The van der Waals surface area contributed by atoms with Crippen molar-refractivity contribution in [3.63, 3.8) is 0 Å². The van der Waals surface area contributed by atoms with Gasteiger partial charge in [0.1, 0.15) is 0 Å². The van der Waals surface area contributed by atoms with Crippen molar-refractivity contribution < 1.29 is 0 Å². The van der Waals surface area contributed by atoms with Crippen LogP contribution in [0.3, 0.4) is 0 Å². The van der Waals surface area contributed by atoms with Crippen LogP contribution < -0.4 is 5.73 Å². The number of aliphatic imine (C=N–C) groups is 1. The molecule has 2 heterocycles. The van der Waals surface area contributed by atoms with Crippen LogP contribution in [-0.4, -0.2) is 27.8 Å². The second kappa shape index (κ2) is 8.97. The molecule has 0 aliphatic carbocycles. The maximum atomic E-state index is 5.61. The first-order chi connectivity index (χ1) is 9.20. The maximum Gasteiger partial charge on any atom is 0.196 e. The first-order valence-corrected chi connectivity index (χ1v) is 6.53. The molecule has 0 radical (unpaired) electrons. The smallest absolute Gasteiger partial charge is 0.196 e. The summed E-state index contributed by atoms with van der Waals surface area (Å²) in [6.45, 7) is 9.97. The Balaban J connectivity index is 0.000000741. The molecule has 104 valence electrons. The molecule has 2 aromatic heterocycles. The molecular weight excluding hydrogens is 238 g/mol. The number of rotatable bonds is 1. The SMILES string of the molecule is CC.CC.CN=C(N)c1ncc2cc(C)cnc2n1. The van der Waals surface area contributed by atoms with Crippen LogP contribution in [0.15, 0.2) is 23.5 Å². The summed E-state index contributed by atoms with van der Waals surface area (Å²) >= 11 is 0. The average molecular weight is 261 g/mol. The van der Waals surface area contributed by atoms with Gasteiger partial charge >= 0.3 is 0 Å². The van der Waals surface area contributed by atoms with Crippen LogP contribution in [0.4, 0.5) is 0 Å². The van der Waals surface area contributed by atoms with Crippen molar-refractivity contribution in [1.82, 2.24) is 15.0 Å². The highest BCUT2D eigenvalue weighted by Crippen LogP contribution is 2.09. The third-order valence-corrected chi connectivity index (χ3v) is 2.04. The fourth-order valence-corrected chi connectivity index (χ4v) is 1.26. The molecule has 0 bridgehead atoms. The summed E-state index contributed by atoms with van der Waals surface area (Å²) in [4.78, 5) is 16.3. The Morgan fingerprint density at radius 1 is 1.11 bits per heavy atom. The molecule has 0 fully saturated rings. The van der Waals surface area contributed by atoms with E-state index in [4.69, 9.17) is 5.73 Å². The van der Waals surface area contributed by atoms with Gasteiger partial charge in [0.2, 0.25) is 0 Å². The summed E-state index contributed by atoms with van der Waals surface area (Å²) in [6, 6.07) is 1.98. The van der Waals surface area contributed by atoms with Gasteiger partial charge in [0.15, 0.2) is 17.3 Å². The van der Waals surface area contributed by atoms with Crippen LogP contribution in [0.1, 0.15) is 39.1 Å². The first kappa shape index (κ1) is 17.0. The van der Waals surface area contributed by atoms with E-state index < -0.39 is 0 Å². The van der Waals surface area contributed by atoms with Crippen molar-refractivity contribution >= 4 is 16.9 Å². The summed E-state index contributed by atoms with van der Waals surface area (Å²) in [5, 5.41) is 0.905. The molecule has 2 aromatic rings. The molecule has 0 saturated heterocycles. The lowest BCUT2D eigenvalue weighted by molar-refractivity contribution is 1.13. The van der Waals surface area contributed by atoms with Crippen LogP contribution in [0, 0.1) is 6.92 Å². The maximum absolute atomic E-state index is 5.61. The van der Waals surface area contributed by atoms with E-state index in [0.717, 1.165) is 10.9 Å². The third-order valence-electron chi connectivity index (χ3n) is 2.04. The minimum Gasteiger partial charge on any atom is -0.381 e. The highest BCUT2D eigenvalue weighted by Gasteiger charge is 2.03. The fraction of sp³-hybridized carbons (Fsp3) is 0.429. The van der Waals surface area contributed by atoms with E-state index in [0.29, 0.717) is 17.3 Å². The molecule has 0 unspecified atom stereocenters. The molecule has 0 spiro atoms. The fourth-order valence-electron chi connectivity index (χ4n) is 1.26. The van der Waals surface area contributed by atoms with E-state index in [9.17, 15) is 0 Å². The quantitative estimate of drug-likeness (QED) is 0.632. The number of nitrogens with zero attached hydrogens (tertiary/aromatic N) is 4. The zero-order valence-electron chi connectivity index (χ0n) is 12.6. The number of nitrogens with two attached hydrogens (primary N) is 1. The molecule has 0 aliphatic heterocycles. The lowest BCUT2D eigenvalue weighted by Gasteiger charge is -2.00. The lowest BCUT2D eigenvalue weighted by Crippen LogP contribution is -2.16. The molecule has 0 aromatic carbocycles. The Bertz CT molecular complexity index is 534. The number of aromatic nitrogens is 3. The van der Waals surface area contributed by atoms with Gasteiger partial charge in [0.25, 0.3) is 0 Å². The van der Waals surface area contributed by atoms with E-state index in [1.807, 2.05) is 40.7 Å². The predicted molar refractivity (Wildman–Crippen MR) is 81.4 cm³/mol. The number of pyridine rings is 1. The molecule has 0 atom stereocenters. The zero-order valence-corrected chi connectivity index (χ0v) is 12.6. The van der Waals surface area contributed by atoms with Crippen molar-refractivity contribution in [1.29, 1.82) is 0 Å². The van der Waals surface area contributed by atoms with Crippen LogP contribution in [0.25, 0.3) is 11.0 Å². The van der Waals surface area contributed by atoms with E-state index in [2.05, 4.69) is 19.9 Å². The minimum atomic E-state index is 0.319. The van der Waals surface area contributed by atoms with Gasteiger partial charge in [-0.05, 0) is 18.6 Å². The molecule has 19 heavy (non-hydrogen) atoms. The topological polar surface area (TPSA) is 77.0 Å². The molecule has 0 aliphatic rings. The number of fused-ring (bicyclic) bond motifs is 1. The molecular formula is C14H23N5. The van der Waals surface area contributed by atoms with Gasteiger partial charge in [-0.15, -0.1) is 0 Å². The zero-order chi connectivity index (χ0) is 14.8. The number of hydrogen-bond acceptors (Lipinski definition) is 4. The monoisotopic (exact) mass is 261 g/mol. The second-order valence-corrected chi connectivity index (χ2v) is 3.23. The van der Waals surface area contributed by atoms with Gasteiger partial charge in [-0.1, -0.05) is 27.7 Å². The highest BCUT2D eigenvalue weighted by atomic mass is 15.0. The average Bonchev–Trinajstić information content (AvgIpc) is 2.50. The normalized spacial score (nSPS) is 10.1. The Kier molecular flexibility index (Phi) is 8.00. The van der Waals surface area contributed by atoms with Gasteiger partial charge < -0.3 is 5.73 Å². The molecule has 0 saturated carbocycles. The van der Waals surface area contributed by atoms with Gasteiger partial charge in [-0.25, -0.2) is 15.0 Å². The third kappa shape index (κ3) is 4.62. The summed E-state index contributed by atoms with van der Waals surface area (Å²) in [5.74, 6) is 0.737.